The summed E-state index contributed by atoms with van der Waals surface area (Å²) in [7, 11) is 0. The first-order chi connectivity index (χ1) is 18.1. The number of aromatic amines is 1. The van der Waals surface area contributed by atoms with E-state index in [9.17, 15) is 14.4 Å². The standard InChI is InChI=1S/C30H22N4O3/c35-19-31-26-12-5-4-7-20(26)14-16-27-25-15-13-23(18-28(25)34-33-27)29(36)22-10-6-11-24(17-22)32-30(37)21-8-2-1-3-9-21/h1-19H,(H,31,35)(H,32,37)(H,33,34). The number of rotatable bonds is 8. The molecule has 7 heteroatoms. The van der Waals surface area contributed by atoms with E-state index < -0.39 is 0 Å². The van der Waals surface area contributed by atoms with Crippen molar-refractivity contribution in [2.45, 2.75) is 0 Å². The zero-order chi connectivity index (χ0) is 25.6. The summed E-state index contributed by atoms with van der Waals surface area (Å²) in [6.07, 6.45) is 4.40. The van der Waals surface area contributed by atoms with Crippen LogP contribution in [0.1, 0.15) is 37.5 Å². The molecule has 5 aromatic rings. The number of fused-ring (bicyclic) bond motifs is 1. The van der Waals surface area contributed by atoms with Crippen molar-refractivity contribution in [1.82, 2.24) is 10.2 Å². The first kappa shape index (κ1) is 23.4. The zero-order valence-electron chi connectivity index (χ0n) is 19.6. The van der Waals surface area contributed by atoms with Crippen LogP contribution >= 0.6 is 0 Å². The molecular formula is C30H22N4O3. The van der Waals surface area contributed by atoms with Crippen LogP contribution in [0.25, 0.3) is 23.1 Å². The molecule has 0 saturated carbocycles. The lowest BCUT2D eigenvalue weighted by atomic mass is 10.0. The minimum atomic E-state index is -0.242. The van der Waals surface area contributed by atoms with Crippen molar-refractivity contribution in [2.24, 2.45) is 0 Å². The molecule has 0 saturated heterocycles. The quantitative estimate of drug-likeness (QED) is 0.191. The lowest BCUT2D eigenvalue weighted by molar-refractivity contribution is -0.105. The van der Waals surface area contributed by atoms with Gasteiger partial charge in [-0.3, -0.25) is 19.5 Å². The van der Waals surface area contributed by atoms with Gasteiger partial charge in [0, 0.05) is 33.5 Å². The van der Waals surface area contributed by atoms with Crippen molar-refractivity contribution >= 4 is 52.5 Å². The summed E-state index contributed by atoms with van der Waals surface area (Å²) < 4.78 is 0. The number of amides is 2. The summed E-state index contributed by atoms with van der Waals surface area (Å²) in [6, 6.07) is 28.6. The molecule has 0 aliphatic carbocycles. The van der Waals surface area contributed by atoms with E-state index in [0.29, 0.717) is 40.0 Å². The van der Waals surface area contributed by atoms with Crippen molar-refractivity contribution in [3.63, 3.8) is 0 Å². The van der Waals surface area contributed by atoms with Crippen LogP contribution in [0.4, 0.5) is 11.4 Å². The molecule has 0 aliphatic heterocycles. The second-order valence-electron chi connectivity index (χ2n) is 8.28. The Kier molecular flexibility index (Phi) is 6.67. The number of hydrogen-bond acceptors (Lipinski definition) is 4. The van der Waals surface area contributed by atoms with E-state index in [1.54, 1.807) is 60.7 Å². The Balaban J connectivity index is 1.36. The van der Waals surface area contributed by atoms with Gasteiger partial charge in [0.2, 0.25) is 6.41 Å². The molecule has 0 atom stereocenters. The lowest BCUT2D eigenvalue weighted by Gasteiger charge is -2.07. The molecule has 4 aromatic carbocycles. The highest BCUT2D eigenvalue weighted by molar-refractivity contribution is 6.12. The van der Waals surface area contributed by atoms with Crippen molar-refractivity contribution in [2.75, 3.05) is 10.6 Å². The third-order valence-electron chi connectivity index (χ3n) is 5.87. The Hall–Kier alpha value is -5.30. The number of anilines is 2. The SMILES string of the molecule is O=CNc1ccccc1C=Cc1[nH]nc2cc(C(=O)c3cccc(NC(=O)c4ccccc4)c3)ccc12. The van der Waals surface area contributed by atoms with Gasteiger partial charge >= 0.3 is 0 Å². The van der Waals surface area contributed by atoms with Crippen LogP contribution in [-0.2, 0) is 4.79 Å². The average Bonchev–Trinajstić information content (AvgIpc) is 3.35. The Labute approximate surface area is 212 Å². The molecule has 0 spiro atoms. The van der Waals surface area contributed by atoms with Gasteiger partial charge < -0.3 is 10.6 Å². The van der Waals surface area contributed by atoms with Crippen LogP contribution in [0, 0.1) is 0 Å². The van der Waals surface area contributed by atoms with Gasteiger partial charge in [-0.2, -0.15) is 5.10 Å². The molecule has 3 N–H and O–H groups in total. The summed E-state index contributed by atoms with van der Waals surface area (Å²) in [5.41, 5.74) is 5.01. The van der Waals surface area contributed by atoms with Crippen molar-refractivity contribution < 1.29 is 14.4 Å². The predicted molar refractivity (Wildman–Crippen MR) is 145 cm³/mol. The van der Waals surface area contributed by atoms with E-state index >= 15 is 0 Å². The van der Waals surface area contributed by atoms with E-state index in [0.717, 1.165) is 16.6 Å². The maximum Gasteiger partial charge on any atom is 0.255 e. The number of aromatic nitrogens is 2. The van der Waals surface area contributed by atoms with E-state index in [4.69, 9.17) is 0 Å². The number of benzene rings is 4. The molecule has 1 heterocycles. The smallest absolute Gasteiger partial charge is 0.255 e. The largest absolute Gasteiger partial charge is 0.328 e. The van der Waals surface area contributed by atoms with Gasteiger partial charge in [-0.05, 0) is 54.1 Å². The fourth-order valence-electron chi connectivity index (χ4n) is 4.01. The molecule has 7 nitrogen and oxygen atoms in total. The normalized spacial score (nSPS) is 10.9. The number of H-pyrrole nitrogens is 1. The highest BCUT2D eigenvalue weighted by Gasteiger charge is 2.13. The molecule has 0 aliphatic rings. The summed E-state index contributed by atoms with van der Waals surface area (Å²) in [5, 5.41) is 13.7. The number of carbonyl (C=O) groups excluding carboxylic acids is 3. The Morgan fingerprint density at radius 3 is 2.35 bits per heavy atom. The summed E-state index contributed by atoms with van der Waals surface area (Å²) in [4.78, 5) is 36.5. The maximum atomic E-state index is 13.2. The fourth-order valence-corrected chi connectivity index (χ4v) is 4.01. The van der Waals surface area contributed by atoms with Crippen LogP contribution in [0.3, 0.4) is 0 Å². The van der Waals surface area contributed by atoms with Gasteiger partial charge in [0.15, 0.2) is 5.78 Å². The number of nitrogens with one attached hydrogen (secondary N) is 3. The molecule has 2 amide bonds. The van der Waals surface area contributed by atoms with Crippen LogP contribution < -0.4 is 10.6 Å². The summed E-state index contributed by atoms with van der Waals surface area (Å²) in [5.74, 6) is -0.417. The number of carbonyl (C=O) groups is 3. The Morgan fingerprint density at radius 2 is 1.51 bits per heavy atom. The summed E-state index contributed by atoms with van der Waals surface area (Å²) >= 11 is 0. The minimum Gasteiger partial charge on any atom is -0.328 e. The highest BCUT2D eigenvalue weighted by Crippen LogP contribution is 2.24. The van der Waals surface area contributed by atoms with Crippen molar-refractivity contribution in [3.05, 3.63) is 125 Å². The molecule has 180 valence electrons. The van der Waals surface area contributed by atoms with Crippen LogP contribution in [-0.4, -0.2) is 28.3 Å². The second kappa shape index (κ2) is 10.5. The maximum absolute atomic E-state index is 13.2. The molecular weight excluding hydrogens is 464 g/mol. The number of nitrogens with zero attached hydrogens (tertiary/aromatic N) is 1. The first-order valence-corrected chi connectivity index (χ1v) is 11.6. The van der Waals surface area contributed by atoms with E-state index in [-0.39, 0.29) is 11.7 Å². The monoisotopic (exact) mass is 486 g/mol. The van der Waals surface area contributed by atoms with Gasteiger partial charge in [0.05, 0.1) is 11.2 Å². The van der Waals surface area contributed by atoms with Gasteiger partial charge in [-0.1, -0.05) is 60.7 Å². The van der Waals surface area contributed by atoms with Crippen molar-refractivity contribution in [1.29, 1.82) is 0 Å². The van der Waals surface area contributed by atoms with Crippen LogP contribution in [0.2, 0.25) is 0 Å². The molecule has 0 bridgehead atoms. The third kappa shape index (κ3) is 5.21. The number of ketones is 1. The molecule has 37 heavy (non-hydrogen) atoms. The molecule has 0 fully saturated rings. The van der Waals surface area contributed by atoms with Gasteiger partial charge in [0.1, 0.15) is 0 Å². The average molecular weight is 487 g/mol. The second-order valence-corrected chi connectivity index (χ2v) is 8.28. The van der Waals surface area contributed by atoms with Gasteiger partial charge in [-0.25, -0.2) is 0 Å². The molecule has 5 rings (SSSR count). The lowest BCUT2D eigenvalue weighted by Crippen LogP contribution is -2.12. The minimum absolute atomic E-state index is 0.174. The molecule has 1 aromatic heterocycles. The Bertz CT molecular complexity index is 1640. The third-order valence-corrected chi connectivity index (χ3v) is 5.87. The zero-order valence-corrected chi connectivity index (χ0v) is 19.6. The van der Waals surface area contributed by atoms with E-state index in [1.807, 2.05) is 48.6 Å². The first-order valence-electron chi connectivity index (χ1n) is 11.6. The van der Waals surface area contributed by atoms with Crippen molar-refractivity contribution in [3.8, 4) is 0 Å². The van der Waals surface area contributed by atoms with E-state index in [2.05, 4.69) is 20.8 Å². The van der Waals surface area contributed by atoms with Gasteiger partial charge in [0.25, 0.3) is 5.91 Å². The Morgan fingerprint density at radius 1 is 0.757 bits per heavy atom. The van der Waals surface area contributed by atoms with Gasteiger partial charge in [-0.15, -0.1) is 0 Å². The number of para-hydroxylation sites is 1. The number of hydrogen-bond donors (Lipinski definition) is 3. The fraction of sp³-hybridized carbons (Fsp3) is 0. The van der Waals surface area contributed by atoms with Crippen LogP contribution in [0.5, 0.6) is 0 Å². The summed E-state index contributed by atoms with van der Waals surface area (Å²) in [6.45, 7) is 0. The van der Waals surface area contributed by atoms with E-state index in [1.165, 1.54) is 0 Å². The predicted octanol–water partition coefficient (Wildman–Crippen LogP) is 5.78. The topological polar surface area (TPSA) is 104 Å². The molecule has 0 radical (unpaired) electrons. The highest BCUT2D eigenvalue weighted by atomic mass is 16.1. The molecule has 0 unspecified atom stereocenters. The van der Waals surface area contributed by atoms with Crippen LogP contribution in [0.15, 0.2) is 97.1 Å².